The van der Waals surface area contributed by atoms with Crippen LogP contribution in [0.4, 0.5) is 0 Å². The summed E-state index contributed by atoms with van der Waals surface area (Å²) in [4.78, 5) is 10.9. The van der Waals surface area contributed by atoms with E-state index in [0.717, 1.165) is 27.9 Å². The van der Waals surface area contributed by atoms with E-state index in [0.29, 0.717) is 13.2 Å². The summed E-state index contributed by atoms with van der Waals surface area (Å²) in [6.45, 7) is 3.01. The van der Waals surface area contributed by atoms with Gasteiger partial charge >= 0.3 is 5.97 Å². The molecule has 30 heavy (non-hydrogen) atoms. The molecule has 1 atom stereocenters. The van der Waals surface area contributed by atoms with Crippen molar-refractivity contribution in [3.63, 3.8) is 0 Å². The third kappa shape index (κ3) is 4.66. The van der Waals surface area contributed by atoms with Gasteiger partial charge in [-0.2, -0.15) is 0 Å². The predicted octanol–water partition coefficient (Wildman–Crippen LogP) is 4.64. The molecule has 3 aromatic carbocycles. The van der Waals surface area contributed by atoms with Crippen molar-refractivity contribution in [2.24, 2.45) is 0 Å². The average molecular weight is 401 g/mol. The number of rotatable bonds is 8. The summed E-state index contributed by atoms with van der Waals surface area (Å²) in [5, 5.41) is 17.5. The lowest BCUT2D eigenvalue weighted by atomic mass is 9.98. The minimum absolute atomic E-state index is 0.0301. The SMILES string of the molecule is CC(CC(=O)O)c1ccc(OCc2ccc3c(c2)nnn3Cc2ccccc2)cc1. The summed E-state index contributed by atoms with van der Waals surface area (Å²) in [5.74, 6) is -0.0783. The number of hydrogen-bond acceptors (Lipinski definition) is 4. The molecule has 0 aliphatic heterocycles. The number of carboxylic acid groups (broad SMARTS) is 1. The van der Waals surface area contributed by atoms with Gasteiger partial charge in [0.25, 0.3) is 0 Å². The molecule has 1 aromatic heterocycles. The number of carbonyl (C=O) groups is 1. The van der Waals surface area contributed by atoms with Crippen molar-refractivity contribution in [3.05, 3.63) is 89.5 Å². The molecule has 0 saturated carbocycles. The zero-order valence-corrected chi connectivity index (χ0v) is 16.7. The molecule has 4 aromatic rings. The van der Waals surface area contributed by atoms with Crippen LogP contribution in [0.25, 0.3) is 11.0 Å². The van der Waals surface area contributed by atoms with Gasteiger partial charge in [0.05, 0.1) is 18.5 Å². The van der Waals surface area contributed by atoms with Crippen LogP contribution in [-0.4, -0.2) is 26.1 Å². The molecule has 1 unspecified atom stereocenters. The first-order valence-electron chi connectivity index (χ1n) is 9.89. The van der Waals surface area contributed by atoms with Gasteiger partial charge in [0.1, 0.15) is 17.9 Å². The number of aromatic nitrogens is 3. The molecule has 4 rings (SSSR count). The zero-order valence-electron chi connectivity index (χ0n) is 16.7. The maximum absolute atomic E-state index is 10.9. The smallest absolute Gasteiger partial charge is 0.303 e. The number of ether oxygens (including phenoxy) is 1. The topological polar surface area (TPSA) is 77.2 Å². The number of nitrogens with zero attached hydrogens (tertiary/aromatic N) is 3. The van der Waals surface area contributed by atoms with Crippen LogP contribution in [0.1, 0.15) is 36.0 Å². The second-order valence-corrected chi connectivity index (χ2v) is 7.41. The first-order valence-corrected chi connectivity index (χ1v) is 9.89. The van der Waals surface area contributed by atoms with E-state index >= 15 is 0 Å². The molecule has 0 aliphatic carbocycles. The van der Waals surface area contributed by atoms with Gasteiger partial charge in [0, 0.05) is 0 Å². The molecular weight excluding hydrogens is 378 g/mol. The van der Waals surface area contributed by atoms with Crippen LogP contribution in [0.2, 0.25) is 0 Å². The highest BCUT2D eigenvalue weighted by atomic mass is 16.5. The van der Waals surface area contributed by atoms with Crippen LogP contribution < -0.4 is 4.74 Å². The van der Waals surface area contributed by atoms with E-state index in [-0.39, 0.29) is 12.3 Å². The van der Waals surface area contributed by atoms with Crippen molar-refractivity contribution in [1.82, 2.24) is 15.0 Å². The Hall–Kier alpha value is -3.67. The first kappa shape index (κ1) is 19.6. The van der Waals surface area contributed by atoms with Gasteiger partial charge in [-0.15, -0.1) is 5.10 Å². The fourth-order valence-corrected chi connectivity index (χ4v) is 3.42. The lowest BCUT2D eigenvalue weighted by molar-refractivity contribution is -0.137. The first-order chi connectivity index (χ1) is 14.6. The lowest BCUT2D eigenvalue weighted by Gasteiger charge is -2.11. The van der Waals surface area contributed by atoms with Crippen molar-refractivity contribution in [2.75, 3.05) is 0 Å². The van der Waals surface area contributed by atoms with E-state index in [1.54, 1.807) is 0 Å². The van der Waals surface area contributed by atoms with Gasteiger partial charge in [-0.3, -0.25) is 4.79 Å². The predicted molar refractivity (Wildman–Crippen MR) is 115 cm³/mol. The Balaban J connectivity index is 1.40. The lowest BCUT2D eigenvalue weighted by Crippen LogP contribution is -2.03. The van der Waals surface area contributed by atoms with Crippen LogP contribution in [0.15, 0.2) is 72.8 Å². The average Bonchev–Trinajstić information content (AvgIpc) is 3.15. The fourth-order valence-electron chi connectivity index (χ4n) is 3.42. The summed E-state index contributed by atoms with van der Waals surface area (Å²) >= 11 is 0. The summed E-state index contributed by atoms with van der Waals surface area (Å²) in [6.07, 6.45) is 0.116. The van der Waals surface area contributed by atoms with Gasteiger partial charge in [-0.1, -0.05) is 60.7 Å². The maximum atomic E-state index is 10.9. The quantitative estimate of drug-likeness (QED) is 0.465. The number of benzene rings is 3. The summed E-state index contributed by atoms with van der Waals surface area (Å²) < 4.78 is 7.78. The molecule has 0 aliphatic rings. The van der Waals surface area contributed by atoms with Gasteiger partial charge in [-0.05, 0) is 46.9 Å². The van der Waals surface area contributed by atoms with Crippen LogP contribution in [-0.2, 0) is 17.9 Å². The van der Waals surface area contributed by atoms with Crippen molar-refractivity contribution < 1.29 is 14.6 Å². The normalized spacial score (nSPS) is 12.0. The van der Waals surface area contributed by atoms with E-state index in [1.807, 2.05) is 72.3 Å². The van der Waals surface area contributed by atoms with Gasteiger partial charge in [0.2, 0.25) is 0 Å². The molecule has 0 spiro atoms. The third-order valence-electron chi connectivity index (χ3n) is 5.09. The third-order valence-corrected chi connectivity index (χ3v) is 5.09. The molecule has 1 heterocycles. The standard InChI is InChI=1S/C24H23N3O3/c1-17(13-24(28)29)20-8-10-21(11-9-20)30-16-19-7-12-23-22(14-19)25-26-27(23)15-18-5-3-2-4-6-18/h2-12,14,17H,13,15-16H2,1H3,(H,28,29). The van der Waals surface area contributed by atoms with Crippen LogP contribution in [0, 0.1) is 0 Å². The molecule has 6 nitrogen and oxygen atoms in total. The number of fused-ring (bicyclic) bond motifs is 1. The Morgan fingerprint density at radius 3 is 2.53 bits per heavy atom. The number of carboxylic acids is 1. The molecular formula is C24H23N3O3. The Bertz CT molecular complexity index is 1140. The Morgan fingerprint density at radius 2 is 1.80 bits per heavy atom. The highest BCUT2D eigenvalue weighted by Gasteiger charge is 2.10. The molecule has 0 fully saturated rings. The fraction of sp³-hybridized carbons (Fsp3) is 0.208. The minimum atomic E-state index is -0.793. The Kier molecular flexibility index (Phi) is 5.75. The zero-order chi connectivity index (χ0) is 20.9. The van der Waals surface area contributed by atoms with Gasteiger partial charge in [-0.25, -0.2) is 4.68 Å². The second-order valence-electron chi connectivity index (χ2n) is 7.41. The second kappa shape index (κ2) is 8.78. The molecule has 0 bridgehead atoms. The summed E-state index contributed by atoms with van der Waals surface area (Å²) in [6, 6.07) is 23.8. The van der Waals surface area contributed by atoms with Crippen molar-refractivity contribution >= 4 is 17.0 Å². The van der Waals surface area contributed by atoms with Crippen LogP contribution in [0.3, 0.4) is 0 Å². The molecule has 0 saturated heterocycles. The minimum Gasteiger partial charge on any atom is -0.489 e. The Labute approximate surface area is 174 Å². The molecule has 6 heteroatoms. The number of aliphatic carboxylic acids is 1. The van der Waals surface area contributed by atoms with Gasteiger partial charge < -0.3 is 9.84 Å². The Morgan fingerprint density at radius 1 is 1.03 bits per heavy atom. The van der Waals surface area contributed by atoms with Crippen LogP contribution >= 0.6 is 0 Å². The highest BCUT2D eigenvalue weighted by molar-refractivity contribution is 5.75. The number of hydrogen-bond donors (Lipinski definition) is 1. The monoisotopic (exact) mass is 401 g/mol. The largest absolute Gasteiger partial charge is 0.489 e. The van der Waals surface area contributed by atoms with E-state index in [9.17, 15) is 4.79 Å². The summed E-state index contributed by atoms with van der Waals surface area (Å²) in [5.41, 5.74) is 5.00. The van der Waals surface area contributed by atoms with E-state index < -0.39 is 5.97 Å². The molecule has 152 valence electrons. The van der Waals surface area contributed by atoms with Crippen molar-refractivity contribution in [3.8, 4) is 5.75 Å². The van der Waals surface area contributed by atoms with E-state index in [4.69, 9.17) is 9.84 Å². The molecule has 0 radical (unpaired) electrons. The van der Waals surface area contributed by atoms with E-state index in [1.165, 1.54) is 5.56 Å². The van der Waals surface area contributed by atoms with Crippen molar-refractivity contribution in [2.45, 2.75) is 32.4 Å². The maximum Gasteiger partial charge on any atom is 0.303 e. The van der Waals surface area contributed by atoms with Crippen molar-refractivity contribution in [1.29, 1.82) is 0 Å². The highest BCUT2D eigenvalue weighted by Crippen LogP contribution is 2.23. The van der Waals surface area contributed by atoms with Gasteiger partial charge in [0.15, 0.2) is 0 Å². The van der Waals surface area contributed by atoms with E-state index in [2.05, 4.69) is 22.4 Å². The summed E-state index contributed by atoms with van der Waals surface area (Å²) in [7, 11) is 0. The van der Waals surface area contributed by atoms with Crippen LogP contribution in [0.5, 0.6) is 5.75 Å². The molecule has 0 amide bonds. The molecule has 1 N–H and O–H groups in total.